The number of hydrogen-bond acceptors (Lipinski definition) is 0. The molecule has 0 aromatic heterocycles. The Morgan fingerprint density at radius 2 is 0.410 bits per heavy atom. The Morgan fingerprint density at radius 3 is 0.806 bits per heavy atom. The van der Waals surface area contributed by atoms with Gasteiger partial charge in [0.15, 0.2) is 0 Å². The molecule has 0 bridgehead atoms. The average Bonchev–Trinajstić information content (AvgIpc) is 1.48. The van der Waals surface area contributed by atoms with Gasteiger partial charge in [-0.25, -0.2) is 0 Å². The maximum Gasteiger partial charge on any atom is 0.0159 e. The van der Waals surface area contributed by atoms with Crippen molar-refractivity contribution in [3.8, 4) is 44.5 Å². The Kier molecular flexibility index (Phi) is 20.0. The molecule has 23 aromatic carbocycles. The predicted octanol–water partition coefficient (Wildman–Crippen LogP) is 38.8. The molecule has 0 saturated heterocycles. The number of fused-ring (bicyclic) bond motifs is 16. The van der Waals surface area contributed by atoms with Crippen LogP contribution >= 0.6 is 0 Å². The van der Waals surface area contributed by atoms with Crippen molar-refractivity contribution in [2.24, 2.45) is 0 Å². The second-order valence-electron chi connectivity index (χ2n) is 42.7. The highest BCUT2D eigenvalue weighted by Crippen LogP contribution is 2.59. The third kappa shape index (κ3) is 13.8. The molecular formula is C144H106. The standard InChI is InChI=1S/C58H50.2C43H28/c1-55(2)45-21-13-9-17-35(45)31-49(55)39-25-27-41-43(29-39)53(51-33-37-19-11-15-23-47(37)57(51,5)6)42-28-26-40(50-32-36-18-10-14-22-46(36)56(50,3)4)30-44(42)54(41)52-34-38-20-12-16-24-48(38)58(52,7)8;1-3-11-30-23-35(19-17-28(30)9-1)42-38-15-7-8-16-39(38)43(36-20-18-29-10-2-4-12-31(29)24-36)41-27-34(21-22-40(41)42)37-25-32-13-5-6-14-33(32)26-37;1-2-14-31-26-33(25-30(31)13-1)32-23-24-40-41(27-32)43(37-22-10-16-29-12-4-6-18-35(29)37)39-20-8-7-19-38(39)42(40)36-21-9-15-28-11-3-5-17-34(28)36/h9-34H,1-8H3;2*1-25,27H,26H2. The van der Waals surface area contributed by atoms with Gasteiger partial charge in [0.25, 0.3) is 0 Å². The zero-order valence-corrected chi connectivity index (χ0v) is 82.4. The Bertz CT molecular complexity index is 9460. The van der Waals surface area contributed by atoms with Gasteiger partial charge in [-0.15, -0.1) is 0 Å². The van der Waals surface area contributed by atoms with Crippen LogP contribution in [0.3, 0.4) is 0 Å². The molecule has 0 fully saturated rings. The molecule has 0 heterocycles. The molecule has 29 rings (SSSR count). The highest BCUT2D eigenvalue weighted by Gasteiger charge is 2.42. The maximum absolute atomic E-state index is 2.55. The van der Waals surface area contributed by atoms with Crippen molar-refractivity contribution in [3.63, 3.8) is 0 Å². The lowest BCUT2D eigenvalue weighted by Gasteiger charge is -2.32. The first-order valence-electron chi connectivity index (χ1n) is 51.2. The van der Waals surface area contributed by atoms with Crippen LogP contribution in [0, 0.1) is 0 Å². The van der Waals surface area contributed by atoms with Crippen LogP contribution in [-0.4, -0.2) is 0 Å². The van der Waals surface area contributed by atoms with Crippen LogP contribution in [0.15, 0.2) is 437 Å². The van der Waals surface area contributed by atoms with Crippen molar-refractivity contribution >= 4 is 178 Å². The summed E-state index contributed by atoms with van der Waals surface area (Å²) in [7, 11) is 0. The van der Waals surface area contributed by atoms with E-state index in [1.54, 1.807) is 0 Å². The number of benzene rings is 23. The fraction of sp³-hybridized carbons (Fsp3) is 0.0972. The predicted molar refractivity (Wildman–Crippen MR) is 622 cm³/mol. The zero-order valence-electron chi connectivity index (χ0n) is 82.4. The Balaban J connectivity index is 0.000000109. The second-order valence-corrected chi connectivity index (χ2v) is 42.7. The summed E-state index contributed by atoms with van der Waals surface area (Å²) in [5.74, 6) is 0. The molecule has 0 aliphatic heterocycles. The molecular weight excluding hydrogens is 1730 g/mol. The van der Waals surface area contributed by atoms with Crippen LogP contribution < -0.4 is 0 Å². The van der Waals surface area contributed by atoms with Crippen molar-refractivity contribution in [3.05, 3.63) is 537 Å². The van der Waals surface area contributed by atoms with Gasteiger partial charge in [-0.3, -0.25) is 0 Å². The highest BCUT2D eigenvalue weighted by molar-refractivity contribution is 6.28. The largest absolute Gasteiger partial charge is 0.0619 e. The lowest BCUT2D eigenvalue weighted by atomic mass is 9.71. The molecule has 0 N–H and O–H groups in total. The monoisotopic (exact) mass is 1830 g/mol. The summed E-state index contributed by atoms with van der Waals surface area (Å²) in [6.45, 7) is 19.3. The van der Waals surface area contributed by atoms with E-state index in [0.29, 0.717) is 0 Å². The maximum atomic E-state index is 2.55. The van der Waals surface area contributed by atoms with Gasteiger partial charge in [-0.2, -0.15) is 0 Å². The van der Waals surface area contributed by atoms with Gasteiger partial charge in [0.1, 0.15) is 0 Å². The Labute approximate surface area is 842 Å². The third-order valence-corrected chi connectivity index (χ3v) is 33.2. The average molecular weight is 1840 g/mol. The van der Waals surface area contributed by atoms with Gasteiger partial charge in [-0.05, 0) is 359 Å². The van der Waals surface area contributed by atoms with Crippen molar-refractivity contribution in [1.29, 1.82) is 0 Å². The molecule has 0 spiro atoms. The third-order valence-electron chi connectivity index (χ3n) is 33.2. The van der Waals surface area contributed by atoms with Gasteiger partial charge in [-0.1, -0.05) is 468 Å². The summed E-state index contributed by atoms with van der Waals surface area (Å²) in [6.07, 6.45) is 16.5. The van der Waals surface area contributed by atoms with Gasteiger partial charge in [0, 0.05) is 21.7 Å². The van der Waals surface area contributed by atoms with Gasteiger partial charge in [0.05, 0.1) is 0 Å². The molecule has 0 saturated carbocycles. The summed E-state index contributed by atoms with van der Waals surface area (Å²) in [5.41, 5.74) is 42.2. The molecule has 682 valence electrons. The van der Waals surface area contributed by atoms with E-state index < -0.39 is 0 Å². The van der Waals surface area contributed by atoms with Crippen molar-refractivity contribution in [2.75, 3.05) is 0 Å². The van der Waals surface area contributed by atoms with Crippen molar-refractivity contribution < 1.29 is 0 Å². The van der Waals surface area contributed by atoms with Gasteiger partial charge < -0.3 is 0 Å². The first-order chi connectivity index (χ1) is 70.4. The quantitative estimate of drug-likeness (QED) is 0.120. The number of rotatable bonds is 10. The minimum Gasteiger partial charge on any atom is -0.0619 e. The summed E-state index contributed by atoms with van der Waals surface area (Å²) in [5, 5.41) is 25.8. The van der Waals surface area contributed by atoms with Crippen LogP contribution in [0.4, 0.5) is 0 Å². The van der Waals surface area contributed by atoms with Crippen molar-refractivity contribution in [1.82, 2.24) is 0 Å². The van der Waals surface area contributed by atoms with Gasteiger partial charge in [0.2, 0.25) is 0 Å². The van der Waals surface area contributed by atoms with E-state index in [2.05, 4.69) is 529 Å². The smallest absolute Gasteiger partial charge is 0.0159 e. The van der Waals surface area contributed by atoms with Crippen molar-refractivity contribution in [2.45, 2.75) is 89.9 Å². The molecule has 0 amide bonds. The summed E-state index contributed by atoms with van der Waals surface area (Å²) < 4.78 is 0. The molecule has 0 radical (unpaired) electrons. The molecule has 0 nitrogen and oxygen atoms in total. The van der Waals surface area contributed by atoms with E-state index in [-0.39, 0.29) is 21.7 Å². The molecule has 6 aliphatic carbocycles. The van der Waals surface area contributed by atoms with Crippen LogP contribution in [-0.2, 0) is 34.5 Å². The lowest BCUT2D eigenvalue weighted by molar-refractivity contribution is 0.703. The fourth-order valence-corrected chi connectivity index (χ4v) is 26.0. The van der Waals surface area contributed by atoms with Crippen LogP contribution in [0.25, 0.3) is 222 Å². The topological polar surface area (TPSA) is 0 Å². The van der Waals surface area contributed by atoms with E-state index in [1.165, 1.54) is 286 Å². The lowest BCUT2D eigenvalue weighted by Crippen LogP contribution is -2.19. The first-order valence-corrected chi connectivity index (χ1v) is 51.2. The minimum atomic E-state index is -0.186. The fourth-order valence-electron chi connectivity index (χ4n) is 26.0. The number of allylic oxidation sites excluding steroid dienone is 6. The zero-order chi connectivity index (χ0) is 96.6. The molecule has 0 atom stereocenters. The summed E-state index contributed by atoms with van der Waals surface area (Å²) in [4.78, 5) is 0. The van der Waals surface area contributed by atoms with E-state index in [4.69, 9.17) is 0 Å². The summed E-state index contributed by atoms with van der Waals surface area (Å²) in [6, 6.07) is 163. The molecule has 0 unspecified atom stereocenters. The number of hydrogen-bond donors (Lipinski definition) is 0. The van der Waals surface area contributed by atoms with E-state index >= 15 is 0 Å². The van der Waals surface area contributed by atoms with Crippen LogP contribution in [0.2, 0.25) is 0 Å². The molecule has 6 aliphatic rings. The van der Waals surface area contributed by atoms with Crippen LogP contribution in [0.1, 0.15) is 156 Å². The summed E-state index contributed by atoms with van der Waals surface area (Å²) >= 11 is 0. The Hall–Kier alpha value is -16.9. The second kappa shape index (κ2) is 33.4. The van der Waals surface area contributed by atoms with E-state index in [1.807, 2.05) is 0 Å². The minimum absolute atomic E-state index is 0.113. The SMILES string of the molecule is C1=C(c2ccc3c(-c4ccc5ccccc5c4)c4ccccc4c(-c4ccc5ccccc5c4)c3c2)Cc2ccccc21.C1=C(c2ccc3c(-c4cccc5ccccc45)c4ccccc4c(-c4cccc5ccccc45)c3c2)Cc2ccccc21.CC1(C)C(c2ccc3c(C4=Cc5ccccc5C4(C)C)c4cc(C5=Cc6ccccc6C5(C)C)ccc4c(C4=Cc5ccccc5C4(C)C)c3c2)=Cc2ccccc21. The molecule has 144 heavy (non-hydrogen) atoms. The molecule has 0 heteroatoms. The van der Waals surface area contributed by atoms with E-state index in [9.17, 15) is 0 Å². The Morgan fingerprint density at radius 1 is 0.153 bits per heavy atom. The first kappa shape index (κ1) is 86.2. The normalized spacial score (nSPS) is 15.1. The van der Waals surface area contributed by atoms with Gasteiger partial charge >= 0.3 is 0 Å². The van der Waals surface area contributed by atoms with E-state index in [0.717, 1.165) is 12.8 Å². The highest BCUT2D eigenvalue weighted by atomic mass is 14.5. The van der Waals surface area contributed by atoms with Crippen LogP contribution in [0.5, 0.6) is 0 Å². The molecule has 23 aromatic rings.